The molecular weight excluding hydrogens is 307 g/mol. The molecule has 1 saturated heterocycles. The van der Waals surface area contributed by atoms with Gasteiger partial charge in [0.15, 0.2) is 0 Å². The molecule has 0 radical (unpaired) electrons. The van der Waals surface area contributed by atoms with Crippen LogP contribution in [-0.4, -0.2) is 24.4 Å². The number of nitrogens with zero attached hydrogens (tertiary/aromatic N) is 1. The van der Waals surface area contributed by atoms with Gasteiger partial charge in [-0.1, -0.05) is 11.6 Å². The second-order valence-electron chi connectivity index (χ2n) is 3.76. The first-order valence-corrected chi connectivity index (χ1v) is 6.22. The van der Waals surface area contributed by atoms with E-state index < -0.39 is 6.04 Å². The van der Waals surface area contributed by atoms with E-state index in [2.05, 4.69) is 21.2 Å². The molecule has 1 heterocycles. The Labute approximate surface area is 112 Å². The molecular formula is C11H10BrClN2O2. The number of hydrogen-bond donors (Lipinski definition) is 1. The largest absolute Gasteiger partial charge is 0.345 e. The molecule has 0 spiro atoms. The van der Waals surface area contributed by atoms with Gasteiger partial charge in [0.05, 0.1) is 11.6 Å². The van der Waals surface area contributed by atoms with Crippen LogP contribution in [0.2, 0.25) is 5.02 Å². The smallest absolute Gasteiger partial charge is 0.247 e. The molecule has 2 rings (SSSR count). The molecule has 0 aliphatic carbocycles. The van der Waals surface area contributed by atoms with Gasteiger partial charge in [-0.2, -0.15) is 0 Å². The number of benzene rings is 1. The van der Waals surface area contributed by atoms with Crippen LogP contribution in [0.4, 0.5) is 5.69 Å². The predicted molar refractivity (Wildman–Crippen MR) is 69.1 cm³/mol. The van der Waals surface area contributed by atoms with Crippen LogP contribution in [0.1, 0.15) is 6.92 Å². The second-order valence-corrected chi connectivity index (χ2v) is 5.02. The van der Waals surface area contributed by atoms with Crippen molar-refractivity contribution in [3.05, 3.63) is 27.7 Å². The highest BCUT2D eigenvalue weighted by molar-refractivity contribution is 9.10. The highest BCUT2D eigenvalue weighted by Crippen LogP contribution is 2.29. The molecule has 1 aromatic rings. The van der Waals surface area contributed by atoms with Crippen LogP contribution in [0.15, 0.2) is 22.7 Å². The molecule has 2 amide bonds. The monoisotopic (exact) mass is 316 g/mol. The summed E-state index contributed by atoms with van der Waals surface area (Å²) in [5, 5.41) is 3.04. The number of hydrogen-bond acceptors (Lipinski definition) is 2. The molecule has 1 aliphatic rings. The molecule has 1 N–H and O–H groups in total. The van der Waals surface area contributed by atoms with E-state index in [0.717, 1.165) is 4.47 Å². The van der Waals surface area contributed by atoms with E-state index in [4.69, 9.17) is 11.6 Å². The van der Waals surface area contributed by atoms with E-state index >= 15 is 0 Å². The Kier molecular flexibility index (Phi) is 3.40. The van der Waals surface area contributed by atoms with Gasteiger partial charge in [-0.15, -0.1) is 0 Å². The fourth-order valence-corrected chi connectivity index (χ4v) is 2.15. The zero-order valence-corrected chi connectivity index (χ0v) is 11.4. The Morgan fingerprint density at radius 3 is 2.82 bits per heavy atom. The van der Waals surface area contributed by atoms with Gasteiger partial charge in [0.1, 0.15) is 6.04 Å². The van der Waals surface area contributed by atoms with Gasteiger partial charge in [0, 0.05) is 10.2 Å². The highest BCUT2D eigenvalue weighted by atomic mass is 79.9. The Hall–Kier alpha value is -1.07. The Morgan fingerprint density at radius 1 is 1.47 bits per heavy atom. The normalized spacial score (nSPS) is 20.4. The third kappa shape index (κ3) is 2.30. The lowest BCUT2D eigenvalue weighted by atomic mass is 10.1. The molecule has 0 saturated carbocycles. The summed E-state index contributed by atoms with van der Waals surface area (Å²) in [5.41, 5.74) is 0.630. The molecule has 17 heavy (non-hydrogen) atoms. The summed E-state index contributed by atoms with van der Waals surface area (Å²) in [4.78, 5) is 24.8. The maximum atomic E-state index is 11.8. The predicted octanol–water partition coefficient (Wildman–Crippen LogP) is 1.95. The molecule has 1 fully saturated rings. The number of carbonyl (C=O) groups is 2. The fourth-order valence-electron chi connectivity index (χ4n) is 1.73. The minimum atomic E-state index is -0.520. The van der Waals surface area contributed by atoms with E-state index in [1.54, 1.807) is 25.1 Å². The van der Waals surface area contributed by atoms with Crippen molar-refractivity contribution in [1.29, 1.82) is 0 Å². The molecule has 1 unspecified atom stereocenters. The van der Waals surface area contributed by atoms with Crippen molar-refractivity contribution < 1.29 is 9.59 Å². The third-order valence-corrected chi connectivity index (χ3v) is 3.86. The minimum absolute atomic E-state index is 0.0247. The Bertz CT molecular complexity index is 492. The first kappa shape index (κ1) is 12.4. The lowest BCUT2D eigenvalue weighted by Crippen LogP contribution is -2.57. The Balaban J connectivity index is 2.39. The molecule has 0 aromatic heterocycles. The number of halogens is 2. The summed E-state index contributed by atoms with van der Waals surface area (Å²) in [6.45, 7) is 1.71. The number of amides is 2. The maximum absolute atomic E-state index is 11.8. The zero-order chi connectivity index (χ0) is 12.6. The van der Waals surface area contributed by atoms with E-state index in [1.165, 1.54) is 4.90 Å². The fraction of sp³-hybridized carbons (Fsp3) is 0.273. The van der Waals surface area contributed by atoms with Crippen LogP contribution in [0.5, 0.6) is 0 Å². The number of rotatable bonds is 1. The van der Waals surface area contributed by atoms with Gasteiger partial charge in [0.2, 0.25) is 11.8 Å². The summed E-state index contributed by atoms with van der Waals surface area (Å²) < 4.78 is 0.754. The van der Waals surface area contributed by atoms with E-state index in [0.29, 0.717) is 10.7 Å². The summed E-state index contributed by atoms with van der Waals surface area (Å²) in [7, 11) is 0. The van der Waals surface area contributed by atoms with Crippen LogP contribution in [-0.2, 0) is 9.59 Å². The number of anilines is 1. The molecule has 6 heteroatoms. The molecule has 90 valence electrons. The number of piperazine rings is 1. The quantitative estimate of drug-likeness (QED) is 0.861. The summed E-state index contributed by atoms with van der Waals surface area (Å²) in [6.07, 6.45) is 0. The van der Waals surface area contributed by atoms with E-state index in [-0.39, 0.29) is 18.4 Å². The third-order valence-electron chi connectivity index (χ3n) is 2.63. The first-order chi connectivity index (χ1) is 8.00. The van der Waals surface area contributed by atoms with Gasteiger partial charge in [-0.3, -0.25) is 14.5 Å². The maximum Gasteiger partial charge on any atom is 0.247 e. The van der Waals surface area contributed by atoms with Crippen molar-refractivity contribution in [2.45, 2.75) is 13.0 Å². The lowest BCUT2D eigenvalue weighted by molar-refractivity contribution is -0.130. The standard InChI is InChI=1S/C11H10BrClN2O2/c1-6-11(17)14-5-10(16)15(6)7-2-3-8(12)9(13)4-7/h2-4,6H,5H2,1H3,(H,14,17). The van der Waals surface area contributed by atoms with Crippen LogP contribution in [0.3, 0.4) is 0 Å². The van der Waals surface area contributed by atoms with Gasteiger partial charge in [0.25, 0.3) is 0 Å². The molecule has 1 aromatic carbocycles. The number of carbonyl (C=O) groups excluding carboxylic acids is 2. The first-order valence-electron chi connectivity index (χ1n) is 5.05. The van der Waals surface area contributed by atoms with Gasteiger partial charge in [-0.25, -0.2) is 0 Å². The van der Waals surface area contributed by atoms with Crippen LogP contribution in [0, 0.1) is 0 Å². The zero-order valence-electron chi connectivity index (χ0n) is 9.04. The minimum Gasteiger partial charge on any atom is -0.345 e. The van der Waals surface area contributed by atoms with Gasteiger partial charge >= 0.3 is 0 Å². The van der Waals surface area contributed by atoms with Crippen molar-refractivity contribution in [2.75, 3.05) is 11.4 Å². The van der Waals surface area contributed by atoms with Gasteiger partial charge < -0.3 is 5.32 Å². The van der Waals surface area contributed by atoms with Crippen LogP contribution in [0.25, 0.3) is 0 Å². The molecule has 4 nitrogen and oxygen atoms in total. The molecule has 0 bridgehead atoms. The molecule has 1 aliphatic heterocycles. The summed E-state index contributed by atoms with van der Waals surface area (Å²) >= 11 is 9.26. The summed E-state index contributed by atoms with van der Waals surface area (Å²) in [6, 6.07) is 4.65. The van der Waals surface area contributed by atoms with Crippen molar-refractivity contribution in [1.82, 2.24) is 5.32 Å². The van der Waals surface area contributed by atoms with Crippen molar-refractivity contribution in [2.24, 2.45) is 0 Å². The van der Waals surface area contributed by atoms with Crippen LogP contribution >= 0.6 is 27.5 Å². The average Bonchev–Trinajstić information content (AvgIpc) is 2.29. The average molecular weight is 318 g/mol. The summed E-state index contributed by atoms with van der Waals surface area (Å²) in [5.74, 6) is -0.306. The van der Waals surface area contributed by atoms with Crippen molar-refractivity contribution >= 4 is 45.0 Å². The highest BCUT2D eigenvalue weighted by Gasteiger charge is 2.32. The second kappa shape index (κ2) is 4.66. The van der Waals surface area contributed by atoms with Crippen molar-refractivity contribution in [3.8, 4) is 0 Å². The SMILES string of the molecule is CC1C(=O)NCC(=O)N1c1ccc(Br)c(Cl)c1. The van der Waals surface area contributed by atoms with Crippen LogP contribution < -0.4 is 10.2 Å². The topological polar surface area (TPSA) is 49.4 Å². The lowest BCUT2D eigenvalue weighted by Gasteiger charge is -2.32. The van der Waals surface area contributed by atoms with Gasteiger partial charge in [-0.05, 0) is 41.1 Å². The molecule has 1 atom stereocenters. The van der Waals surface area contributed by atoms with E-state index in [9.17, 15) is 9.59 Å². The number of nitrogens with one attached hydrogen (secondary N) is 1. The van der Waals surface area contributed by atoms with Crippen molar-refractivity contribution in [3.63, 3.8) is 0 Å². The van der Waals surface area contributed by atoms with E-state index in [1.807, 2.05) is 0 Å². The Morgan fingerprint density at radius 2 is 2.18 bits per heavy atom.